The lowest BCUT2D eigenvalue weighted by atomic mass is 9.93. The lowest BCUT2D eigenvalue weighted by molar-refractivity contribution is -0.149. The molecular weight excluding hydrogens is 454 g/mol. The van der Waals surface area contributed by atoms with E-state index in [4.69, 9.17) is 19.2 Å². The van der Waals surface area contributed by atoms with E-state index in [1.54, 1.807) is 0 Å². The Morgan fingerprint density at radius 2 is 1.94 bits per heavy atom. The molecule has 0 spiro atoms. The Balaban J connectivity index is 1.32. The second kappa shape index (κ2) is 10.2. The molecule has 2 atom stereocenters. The fraction of sp³-hybridized carbons (Fsp3) is 0.379. The number of nitrogens with one attached hydrogen (secondary N) is 1. The van der Waals surface area contributed by atoms with Crippen molar-refractivity contribution in [2.24, 2.45) is 0 Å². The summed E-state index contributed by atoms with van der Waals surface area (Å²) in [6.07, 6.45) is 1.41. The Hall–Kier alpha value is -3.58. The first-order chi connectivity index (χ1) is 17.4. The first-order valence-electron chi connectivity index (χ1n) is 12.5. The Bertz CT molecular complexity index is 1250. The molecule has 0 bridgehead atoms. The highest BCUT2D eigenvalue weighted by atomic mass is 16.6. The summed E-state index contributed by atoms with van der Waals surface area (Å²) < 4.78 is 16.9. The zero-order chi connectivity index (χ0) is 25.2. The van der Waals surface area contributed by atoms with Crippen LogP contribution in [0.25, 0.3) is 11.1 Å². The molecule has 1 N–H and O–H groups in total. The molecule has 36 heavy (non-hydrogen) atoms. The number of carbonyl (C=O) groups is 1. The van der Waals surface area contributed by atoms with Crippen molar-refractivity contribution in [2.45, 2.75) is 46.4 Å². The molecule has 1 unspecified atom stereocenters. The molecule has 1 fully saturated rings. The monoisotopic (exact) mass is 487 g/mol. The molecule has 7 heteroatoms. The first-order valence-corrected chi connectivity index (χ1v) is 12.5. The molecule has 1 saturated heterocycles. The van der Waals surface area contributed by atoms with E-state index in [0.29, 0.717) is 6.54 Å². The van der Waals surface area contributed by atoms with E-state index in [0.717, 1.165) is 54.7 Å². The second-order valence-corrected chi connectivity index (χ2v) is 9.51. The number of hydrogen-bond acceptors (Lipinski definition) is 7. The minimum Gasteiger partial charge on any atom is -0.486 e. The van der Waals surface area contributed by atoms with E-state index in [-0.39, 0.29) is 18.2 Å². The normalized spacial score (nSPS) is 18.9. The highest BCUT2D eigenvalue weighted by Crippen LogP contribution is 2.40. The number of pyridine rings is 1. The van der Waals surface area contributed by atoms with Crippen LogP contribution < -0.4 is 15.0 Å². The molecule has 5 rings (SSSR count). The van der Waals surface area contributed by atoms with Gasteiger partial charge in [-0.2, -0.15) is 0 Å². The van der Waals surface area contributed by atoms with Crippen LogP contribution in [-0.4, -0.2) is 43.4 Å². The molecule has 1 aromatic heterocycles. The molecule has 3 aromatic rings. The minimum atomic E-state index is -0.364. The maximum absolute atomic E-state index is 11.5. The molecule has 0 saturated carbocycles. The van der Waals surface area contributed by atoms with E-state index in [2.05, 4.69) is 48.3 Å². The topological polar surface area (TPSA) is 72.9 Å². The van der Waals surface area contributed by atoms with Gasteiger partial charge in [0.2, 0.25) is 0 Å². The van der Waals surface area contributed by atoms with Crippen LogP contribution in [0.4, 0.5) is 11.5 Å². The number of esters is 1. The summed E-state index contributed by atoms with van der Waals surface area (Å²) in [5.41, 5.74) is 7.91. The van der Waals surface area contributed by atoms with Gasteiger partial charge in [-0.3, -0.25) is 4.79 Å². The fourth-order valence-electron chi connectivity index (χ4n) is 5.07. The number of hydrogen-bond donors (Lipinski definition) is 1. The van der Waals surface area contributed by atoms with Crippen molar-refractivity contribution in [1.29, 1.82) is 0 Å². The Morgan fingerprint density at radius 3 is 2.67 bits per heavy atom. The molecular formula is C29H33N3O4. The molecule has 0 amide bonds. The van der Waals surface area contributed by atoms with Crippen LogP contribution in [0.15, 0.2) is 48.7 Å². The van der Waals surface area contributed by atoms with Crippen molar-refractivity contribution >= 4 is 17.5 Å². The van der Waals surface area contributed by atoms with Gasteiger partial charge in [0.15, 0.2) is 6.10 Å². The predicted molar refractivity (Wildman–Crippen MR) is 141 cm³/mol. The molecule has 3 heterocycles. The van der Waals surface area contributed by atoms with Gasteiger partial charge in [-0.05, 0) is 67.3 Å². The third kappa shape index (κ3) is 4.88. The predicted octanol–water partition coefficient (Wildman–Crippen LogP) is 5.20. The van der Waals surface area contributed by atoms with Gasteiger partial charge in [0.25, 0.3) is 0 Å². The number of benzene rings is 2. The average molecular weight is 488 g/mol. The van der Waals surface area contributed by atoms with E-state index < -0.39 is 0 Å². The van der Waals surface area contributed by atoms with Crippen molar-refractivity contribution < 1.29 is 19.0 Å². The number of carbonyl (C=O) groups excluding carboxylic acids is 1. The minimum absolute atomic E-state index is 0.204. The molecule has 2 aliphatic heterocycles. The zero-order valence-electron chi connectivity index (χ0n) is 21.3. The van der Waals surface area contributed by atoms with Crippen LogP contribution in [0.5, 0.6) is 5.75 Å². The maximum Gasteiger partial charge on any atom is 0.303 e. The summed E-state index contributed by atoms with van der Waals surface area (Å²) in [6, 6.07) is 14.6. The number of rotatable bonds is 6. The Morgan fingerprint density at radius 1 is 1.14 bits per heavy atom. The lowest BCUT2D eigenvalue weighted by Gasteiger charge is -2.27. The third-order valence-corrected chi connectivity index (χ3v) is 6.99. The van der Waals surface area contributed by atoms with Crippen LogP contribution in [0.1, 0.15) is 42.2 Å². The first kappa shape index (κ1) is 24.1. The summed E-state index contributed by atoms with van der Waals surface area (Å²) in [6.45, 7) is 11.6. The standard InChI is InChI=1S/C29H33N3O4/c1-18-5-6-22(16-30-24-8-9-25-26(15-24)35-20(3)29(25)36-21(4)33)19(2)28(18)23-7-10-27(31-17-23)32-11-13-34-14-12-32/h5-10,15,17,20,29-30H,11-14,16H2,1-4H3/t20?,29-/m1/s1. The van der Waals surface area contributed by atoms with Crippen LogP contribution >= 0.6 is 0 Å². The van der Waals surface area contributed by atoms with Gasteiger partial charge < -0.3 is 24.4 Å². The largest absolute Gasteiger partial charge is 0.486 e. The van der Waals surface area contributed by atoms with E-state index >= 15 is 0 Å². The van der Waals surface area contributed by atoms with Gasteiger partial charge in [-0.1, -0.05) is 12.1 Å². The molecule has 0 aliphatic carbocycles. The van der Waals surface area contributed by atoms with Crippen LogP contribution in [0.2, 0.25) is 0 Å². The number of fused-ring (bicyclic) bond motifs is 1. The Kier molecular flexibility index (Phi) is 6.83. The highest BCUT2D eigenvalue weighted by molar-refractivity contribution is 5.72. The molecule has 0 radical (unpaired) electrons. The van der Waals surface area contributed by atoms with E-state index in [1.807, 2.05) is 31.3 Å². The summed E-state index contributed by atoms with van der Waals surface area (Å²) in [7, 11) is 0. The quantitative estimate of drug-likeness (QED) is 0.479. The molecule has 2 aliphatic rings. The van der Waals surface area contributed by atoms with Gasteiger partial charge in [0.1, 0.15) is 17.7 Å². The van der Waals surface area contributed by atoms with Crippen LogP contribution in [0, 0.1) is 13.8 Å². The van der Waals surface area contributed by atoms with E-state index in [1.165, 1.54) is 29.2 Å². The summed E-state index contributed by atoms with van der Waals surface area (Å²) in [5.74, 6) is 1.45. The van der Waals surface area contributed by atoms with Crippen molar-refractivity contribution in [3.05, 3.63) is 70.9 Å². The SMILES string of the molecule is CC(=O)O[C@H]1c2ccc(NCc3ccc(C)c(-c4ccc(N5CCOCC5)nc4)c3C)cc2OC1C. The summed E-state index contributed by atoms with van der Waals surface area (Å²) >= 11 is 0. The van der Waals surface area contributed by atoms with E-state index in [9.17, 15) is 4.79 Å². The van der Waals surface area contributed by atoms with Crippen molar-refractivity contribution in [3.63, 3.8) is 0 Å². The number of aromatic nitrogens is 1. The number of ether oxygens (including phenoxy) is 3. The zero-order valence-corrected chi connectivity index (χ0v) is 21.3. The molecule has 2 aromatic carbocycles. The van der Waals surface area contributed by atoms with Crippen molar-refractivity contribution in [3.8, 4) is 16.9 Å². The highest BCUT2D eigenvalue weighted by Gasteiger charge is 2.33. The third-order valence-electron chi connectivity index (χ3n) is 6.99. The van der Waals surface area contributed by atoms with Crippen molar-refractivity contribution in [2.75, 3.05) is 36.5 Å². The van der Waals surface area contributed by atoms with Gasteiger partial charge in [0, 0.05) is 55.6 Å². The Labute approximate surface area is 212 Å². The fourth-order valence-corrected chi connectivity index (χ4v) is 5.07. The van der Waals surface area contributed by atoms with Crippen molar-refractivity contribution in [1.82, 2.24) is 4.98 Å². The number of nitrogens with zero attached hydrogens (tertiary/aromatic N) is 2. The number of aryl methyl sites for hydroxylation is 1. The van der Waals surface area contributed by atoms with Gasteiger partial charge in [-0.25, -0.2) is 4.98 Å². The summed E-state index contributed by atoms with van der Waals surface area (Å²) in [5, 5.41) is 3.53. The second-order valence-electron chi connectivity index (χ2n) is 9.51. The molecule has 7 nitrogen and oxygen atoms in total. The average Bonchev–Trinajstić information content (AvgIpc) is 3.18. The summed E-state index contributed by atoms with van der Waals surface area (Å²) in [4.78, 5) is 18.5. The smallest absolute Gasteiger partial charge is 0.303 e. The number of anilines is 2. The van der Waals surface area contributed by atoms with Gasteiger partial charge in [0.05, 0.1) is 13.2 Å². The molecule has 188 valence electrons. The number of morpholine rings is 1. The maximum atomic E-state index is 11.5. The lowest BCUT2D eigenvalue weighted by Crippen LogP contribution is -2.36. The van der Waals surface area contributed by atoms with Crippen LogP contribution in [-0.2, 0) is 20.8 Å². The van der Waals surface area contributed by atoms with Gasteiger partial charge >= 0.3 is 5.97 Å². The van der Waals surface area contributed by atoms with Crippen LogP contribution in [0.3, 0.4) is 0 Å². The van der Waals surface area contributed by atoms with Gasteiger partial charge in [-0.15, -0.1) is 0 Å².